The summed E-state index contributed by atoms with van der Waals surface area (Å²) >= 11 is 9.67. The summed E-state index contributed by atoms with van der Waals surface area (Å²) in [6.07, 6.45) is 0.843. The monoisotopic (exact) mass is 439 g/mol. The molecular weight excluding hydrogens is 422 g/mol. The topological polar surface area (TPSA) is 75.6 Å². The smallest absolute Gasteiger partial charge is 0.335 e. The quantitative estimate of drug-likeness (QED) is 0.579. The minimum atomic E-state index is -1.00. The average Bonchev–Trinajstić information content (AvgIpc) is 2.61. The first kappa shape index (κ1) is 20.3. The van der Waals surface area contributed by atoms with Gasteiger partial charge in [-0.25, -0.2) is 4.79 Å². The zero-order valence-electron chi connectivity index (χ0n) is 14.4. The highest BCUT2D eigenvalue weighted by atomic mass is 79.9. The van der Waals surface area contributed by atoms with Crippen molar-refractivity contribution in [1.29, 1.82) is 0 Å². The Balaban J connectivity index is 1.81. The van der Waals surface area contributed by atoms with E-state index in [1.54, 1.807) is 12.1 Å². The van der Waals surface area contributed by atoms with Crippen molar-refractivity contribution in [2.24, 2.45) is 0 Å². The minimum Gasteiger partial charge on any atom is -0.492 e. The molecule has 0 aliphatic heterocycles. The second kappa shape index (κ2) is 9.05. The van der Waals surface area contributed by atoms with Crippen LogP contribution in [0.1, 0.15) is 34.3 Å². The lowest BCUT2D eigenvalue weighted by molar-refractivity contribution is -0.116. The number of carboxylic acid groups (broad SMARTS) is 1. The number of nitrogens with one attached hydrogen (secondary N) is 1. The predicted octanol–water partition coefficient (Wildman–Crippen LogP) is 5.22. The highest BCUT2D eigenvalue weighted by molar-refractivity contribution is 9.10. The predicted molar refractivity (Wildman–Crippen MR) is 105 cm³/mol. The van der Waals surface area contributed by atoms with Gasteiger partial charge in [-0.2, -0.15) is 0 Å². The second-order valence-corrected chi connectivity index (χ2v) is 7.00. The summed E-state index contributed by atoms with van der Waals surface area (Å²) in [6, 6.07) is 7.89. The van der Waals surface area contributed by atoms with Crippen LogP contribution in [-0.2, 0) is 4.79 Å². The fourth-order valence-corrected chi connectivity index (χ4v) is 3.03. The number of hydrogen-bond donors (Lipinski definition) is 2. The lowest BCUT2D eigenvalue weighted by Gasteiger charge is -2.13. The van der Waals surface area contributed by atoms with Gasteiger partial charge in [0.15, 0.2) is 0 Å². The molecule has 5 nitrogen and oxygen atoms in total. The maximum atomic E-state index is 12.0. The lowest BCUT2D eigenvalue weighted by atomic mass is 10.1. The van der Waals surface area contributed by atoms with Crippen LogP contribution in [0.3, 0.4) is 0 Å². The van der Waals surface area contributed by atoms with Crippen LogP contribution in [0.4, 0.5) is 5.69 Å². The van der Waals surface area contributed by atoms with Crippen LogP contribution >= 0.6 is 27.5 Å². The molecule has 2 aromatic rings. The van der Waals surface area contributed by atoms with Gasteiger partial charge in [-0.1, -0.05) is 11.6 Å². The minimum absolute atomic E-state index is 0.154. The summed E-state index contributed by atoms with van der Waals surface area (Å²) < 4.78 is 6.56. The number of rotatable bonds is 7. The zero-order valence-corrected chi connectivity index (χ0v) is 16.8. The van der Waals surface area contributed by atoms with E-state index in [4.69, 9.17) is 21.4 Å². The molecule has 0 aromatic heterocycles. The number of aromatic carboxylic acids is 1. The Kier molecular flexibility index (Phi) is 7.06. The largest absolute Gasteiger partial charge is 0.492 e. The number of hydrogen-bond acceptors (Lipinski definition) is 3. The van der Waals surface area contributed by atoms with E-state index in [1.165, 1.54) is 12.1 Å². The molecule has 0 heterocycles. The maximum absolute atomic E-state index is 12.0. The Morgan fingerprint density at radius 2 is 1.88 bits per heavy atom. The third kappa shape index (κ3) is 5.22. The van der Waals surface area contributed by atoms with E-state index in [0.717, 1.165) is 15.6 Å². The van der Waals surface area contributed by atoms with E-state index < -0.39 is 5.97 Å². The molecular formula is C19H19BrClNO4. The zero-order chi connectivity index (χ0) is 19.3. The number of carbonyl (C=O) groups excluding carboxylic acids is 1. The first-order chi connectivity index (χ1) is 12.3. The Labute approximate surface area is 165 Å². The van der Waals surface area contributed by atoms with Crippen LogP contribution in [0.25, 0.3) is 0 Å². The van der Waals surface area contributed by atoms with E-state index in [1.807, 2.05) is 19.9 Å². The van der Waals surface area contributed by atoms with E-state index >= 15 is 0 Å². The summed E-state index contributed by atoms with van der Waals surface area (Å²) in [4.78, 5) is 22.8. The highest BCUT2D eigenvalue weighted by Gasteiger charge is 2.11. The van der Waals surface area contributed by atoms with Gasteiger partial charge in [0.25, 0.3) is 0 Å². The summed E-state index contributed by atoms with van der Waals surface area (Å²) in [5, 5.41) is 12.3. The fourth-order valence-electron chi connectivity index (χ4n) is 2.34. The van der Waals surface area contributed by atoms with E-state index in [9.17, 15) is 9.59 Å². The van der Waals surface area contributed by atoms with Gasteiger partial charge >= 0.3 is 5.97 Å². The molecule has 0 radical (unpaired) electrons. The number of aryl methyl sites for hydroxylation is 1. The highest BCUT2D eigenvalue weighted by Crippen LogP contribution is 2.35. The molecule has 0 unspecified atom stereocenters. The van der Waals surface area contributed by atoms with Gasteiger partial charge in [0.2, 0.25) is 5.91 Å². The standard InChI is InChI=1S/C19H19BrClNO4/c1-11-10-15(17(20)12(2)18(11)21)26-9-3-4-16(23)22-14-7-5-13(6-8-14)19(24)25/h5-8,10H,3-4,9H2,1-2H3,(H,22,23)(H,24,25). The van der Waals surface area contributed by atoms with Gasteiger partial charge in [0.1, 0.15) is 5.75 Å². The van der Waals surface area contributed by atoms with Crippen LogP contribution in [0, 0.1) is 13.8 Å². The molecule has 2 rings (SSSR count). The summed E-state index contributed by atoms with van der Waals surface area (Å²) in [7, 11) is 0. The number of carboxylic acids is 1. The van der Waals surface area contributed by atoms with E-state index in [2.05, 4.69) is 21.2 Å². The molecule has 0 fully saturated rings. The van der Waals surface area contributed by atoms with Crippen molar-refractivity contribution < 1.29 is 19.4 Å². The van der Waals surface area contributed by atoms with Crippen molar-refractivity contribution in [1.82, 2.24) is 0 Å². The molecule has 1 amide bonds. The number of amides is 1. The Hall–Kier alpha value is -2.05. The molecule has 0 atom stereocenters. The molecule has 0 saturated heterocycles. The van der Waals surface area contributed by atoms with Crippen LogP contribution in [0.15, 0.2) is 34.8 Å². The molecule has 7 heteroatoms. The Morgan fingerprint density at radius 1 is 1.23 bits per heavy atom. The fraction of sp³-hybridized carbons (Fsp3) is 0.263. The third-order valence-corrected chi connectivity index (χ3v) is 5.36. The lowest BCUT2D eigenvalue weighted by Crippen LogP contribution is -2.13. The molecule has 138 valence electrons. The molecule has 0 saturated carbocycles. The average molecular weight is 441 g/mol. The van der Waals surface area contributed by atoms with Crippen LogP contribution in [0.2, 0.25) is 5.02 Å². The van der Waals surface area contributed by atoms with E-state index in [-0.39, 0.29) is 11.5 Å². The van der Waals surface area contributed by atoms with Gasteiger partial charge in [-0.3, -0.25) is 4.79 Å². The normalized spacial score (nSPS) is 10.5. The summed E-state index contributed by atoms with van der Waals surface area (Å²) in [5.74, 6) is -0.452. The SMILES string of the molecule is Cc1cc(OCCCC(=O)Nc2ccc(C(=O)O)cc2)c(Br)c(C)c1Cl. The van der Waals surface area contributed by atoms with E-state index in [0.29, 0.717) is 35.9 Å². The van der Waals surface area contributed by atoms with Crippen LogP contribution in [-0.4, -0.2) is 23.6 Å². The van der Waals surface area contributed by atoms with Gasteiger partial charge in [0.05, 0.1) is 16.6 Å². The van der Waals surface area contributed by atoms with Crippen molar-refractivity contribution in [3.05, 3.63) is 56.5 Å². The number of carbonyl (C=O) groups is 2. The summed E-state index contributed by atoms with van der Waals surface area (Å²) in [5.41, 5.74) is 2.59. The number of benzene rings is 2. The number of anilines is 1. The first-order valence-electron chi connectivity index (χ1n) is 8.00. The van der Waals surface area contributed by atoms with Crippen LogP contribution < -0.4 is 10.1 Å². The number of ether oxygens (including phenoxy) is 1. The van der Waals surface area contributed by atoms with Crippen molar-refractivity contribution in [3.8, 4) is 5.75 Å². The van der Waals surface area contributed by atoms with Gasteiger partial charge in [-0.15, -0.1) is 0 Å². The molecule has 0 spiro atoms. The van der Waals surface area contributed by atoms with Crippen molar-refractivity contribution >= 4 is 45.1 Å². The van der Waals surface area contributed by atoms with Gasteiger partial charge in [0, 0.05) is 17.1 Å². The molecule has 26 heavy (non-hydrogen) atoms. The molecule has 0 aliphatic carbocycles. The summed E-state index contributed by atoms with van der Waals surface area (Å²) in [6.45, 7) is 4.22. The van der Waals surface area contributed by atoms with Crippen LogP contribution in [0.5, 0.6) is 5.75 Å². The molecule has 0 bridgehead atoms. The van der Waals surface area contributed by atoms with Crippen molar-refractivity contribution in [2.45, 2.75) is 26.7 Å². The van der Waals surface area contributed by atoms with Crippen molar-refractivity contribution in [2.75, 3.05) is 11.9 Å². The first-order valence-corrected chi connectivity index (χ1v) is 9.18. The van der Waals surface area contributed by atoms with Gasteiger partial charge in [-0.05, 0) is 77.7 Å². The number of halogens is 2. The molecule has 2 aromatic carbocycles. The second-order valence-electron chi connectivity index (χ2n) is 5.83. The Morgan fingerprint density at radius 3 is 2.50 bits per heavy atom. The maximum Gasteiger partial charge on any atom is 0.335 e. The Bertz CT molecular complexity index is 821. The third-order valence-electron chi connectivity index (χ3n) is 3.79. The molecule has 0 aliphatic rings. The van der Waals surface area contributed by atoms with Gasteiger partial charge < -0.3 is 15.2 Å². The molecule has 2 N–H and O–H groups in total. The van der Waals surface area contributed by atoms with Crippen molar-refractivity contribution in [3.63, 3.8) is 0 Å².